The lowest BCUT2D eigenvalue weighted by molar-refractivity contribution is 1.08. The van der Waals surface area contributed by atoms with Gasteiger partial charge in [0.25, 0.3) is 0 Å². The van der Waals surface area contributed by atoms with E-state index >= 15 is 0 Å². The first-order valence-corrected chi connectivity index (χ1v) is 6.88. The molecule has 3 aromatic rings. The van der Waals surface area contributed by atoms with Crippen molar-refractivity contribution >= 4 is 16.6 Å². The predicted octanol–water partition coefficient (Wildman–Crippen LogP) is 4.10. The highest BCUT2D eigenvalue weighted by Gasteiger charge is 2.06. The van der Waals surface area contributed by atoms with Crippen molar-refractivity contribution in [3.8, 4) is 0 Å². The predicted molar refractivity (Wildman–Crippen MR) is 84.1 cm³/mol. The number of hydrogen-bond donors (Lipinski definition) is 2. The van der Waals surface area contributed by atoms with Crippen molar-refractivity contribution in [3.63, 3.8) is 0 Å². The monoisotopic (exact) mass is 265 g/mol. The number of benzene rings is 2. The number of nitrogens with one attached hydrogen (secondary N) is 2. The van der Waals surface area contributed by atoms with E-state index < -0.39 is 0 Å². The highest BCUT2D eigenvalue weighted by atomic mass is 15.1. The van der Waals surface area contributed by atoms with Crippen LogP contribution in [-0.4, -0.2) is 10.2 Å². The van der Waals surface area contributed by atoms with Crippen molar-refractivity contribution in [3.05, 3.63) is 58.8 Å². The summed E-state index contributed by atoms with van der Waals surface area (Å²) in [6.45, 7) is 7.32. The number of rotatable bonds is 3. The molecule has 0 bridgehead atoms. The normalized spacial score (nSPS) is 10.9. The largest absolute Gasteiger partial charge is 0.379 e. The van der Waals surface area contributed by atoms with E-state index in [0.29, 0.717) is 0 Å². The molecule has 0 aliphatic rings. The molecule has 0 aliphatic heterocycles. The fraction of sp³-hybridized carbons (Fsp3) is 0.235. The first-order valence-electron chi connectivity index (χ1n) is 6.88. The van der Waals surface area contributed by atoms with E-state index in [0.717, 1.165) is 23.1 Å². The third-order valence-electron chi connectivity index (χ3n) is 3.77. The van der Waals surface area contributed by atoms with Gasteiger partial charge in [0, 0.05) is 11.9 Å². The first kappa shape index (κ1) is 12.7. The standard InChI is InChI=1S/C17H19N3/c1-11-7-12(2)15(13(3)8-11)10-18-16-6-4-5-14-9-19-20-17(14)16/h4-9,18H,10H2,1-3H3,(H,19,20). The molecule has 1 heterocycles. The SMILES string of the molecule is Cc1cc(C)c(CNc2cccc3cn[nH]c23)c(C)c1. The Balaban J connectivity index is 1.89. The molecule has 1 aromatic heterocycles. The van der Waals surface area contributed by atoms with Crippen molar-refractivity contribution in [1.29, 1.82) is 0 Å². The summed E-state index contributed by atoms with van der Waals surface area (Å²) in [6.07, 6.45) is 1.85. The van der Waals surface area contributed by atoms with Crippen LogP contribution in [0.4, 0.5) is 5.69 Å². The van der Waals surface area contributed by atoms with Crippen LogP contribution >= 0.6 is 0 Å². The van der Waals surface area contributed by atoms with Gasteiger partial charge in [0.2, 0.25) is 0 Å². The van der Waals surface area contributed by atoms with Crippen LogP contribution in [0.3, 0.4) is 0 Å². The van der Waals surface area contributed by atoms with Crippen LogP contribution in [0, 0.1) is 20.8 Å². The molecule has 2 aromatic carbocycles. The van der Waals surface area contributed by atoms with Gasteiger partial charge in [0.15, 0.2) is 0 Å². The average molecular weight is 265 g/mol. The van der Waals surface area contributed by atoms with Crippen LogP contribution in [-0.2, 0) is 6.54 Å². The molecule has 0 saturated carbocycles. The molecular formula is C17H19N3. The van der Waals surface area contributed by atoms with E-state index in [1.54, 1.807) is 0 Å². The zero-order chi connectivity index (χ0) is 14.1. The lowest BCUT2D eigenvalue weighted by Gasteiger charge is -2.13. The average Bonchev–Trinajstić information content (AvgIpc) is 2.86. The Morgan fingerprint density at radius 3 is 2.60 bits per heavy atom. The minimum Gasteiger partial charge on any atom is -0.379 e. The highest BCUT2D eigenvalue weighted by Crippen LogP contribution is 2.23. The smallest absolute Gasteiger partial charge is 0.0881 e. The molecule has 20 heavy (non-hydrogen) atoms. The van der Waals surface area contributed by atoms with E-state index in [-0.39, 0.29) is 0 Å². The Bertz CT molecular complexity index is 733. The molecule has 102 valence electrons. The summed E-state index contributed by atoms with van der Waals surface area (Å²) >= 11 is 0. The molecule has 0 aliphatic carbocycles. The molecule has 0 radical (unpaired) electrons. The van der Waals surface area contributed by atoms with E-state index in [9.17, 15) is 0 Å². The number of anilines is 1. The Hall–Kier alpha value is -2.29. The maximum Gasteiger partial charge on any atom is 0.0881 e. The van der Waals surface area contributed by atoms with Crippen molar-refractivity contribution in [2.75, 3.05) is 5.32 Å². The Kier molecular flexibility index (Phi) is 3.18. The topological polar surface area (TPSA) is 40.7 Å². The zero-order valence-corrected chi connectivity index (χ0v) is 12.1. The number of hydrogen-bond acceptors (Lipinski definition) is 2. The van der Waals surface area contributed by atoms with Gasteiger partial charge in [-0.15, -0.1) is 0 Å². The summed E-state index contributed by atoms with van der Waals surface area (Å²) in [5, 5.41) is 11.8. The van der Waals surface area contributed by atoms with Crippen LogP contribution < -0.4 is 5.32 Å². The quantitative estimate of drug-likeness (QED) is 0.748. The van der Waals surface area contributed by atoms with Crippen LogP contribution in [0.5, 0.6) is 0 Å². The van der Waals surface area contributed by atoms with E-state index in [2.05, 4.69) is 66.6 Å². The first-order chi connectivity index (χ1) is 9.65. The van der Waals surface area contributed by atoms with Crippen LogP contribution in [0.25, 0.3) is 10.9 Å². The second kappa shape index (κ2) is 5.00. The molecule has 0 unspecified atom stereocenters. The number of H-pyrrole nitrogens is 1. The highest BCUT2D eigenvalue weighted by molar-refractivity contribution is 5.89. The van der Waals surface area contributed by atoms with E-state index in [4.69, 9.17) is 0 Å². The maximum atomic E-state index is 4.10. The molecule has 3 rings (SSSR count). The van der Waals surface area contributed by atoms with E-state index in [1.807, 2.05) is 6.20 Å². The van der Waals surface area contributed by atoms with Gasteiger partial charge in [-0.3, -0.25) is 5.10 Å². The fourth-order valence-corrected chi connectivity index (χ4v) is 2.79. The summed E-state index contributed by atoms with van der Waals surface area (Å²) in [6, 6.07) is 10.7. The van der Waals surface area contributed by atoms with Gasteiger partial charge in [-0.1, -0.05) is 29.8 Å². The number of fused-ring (bicyclic) bond motifs is 1. The molecule has 0 spiro atoms. The second-order valence-corrected chi connectivity index (χ2v) is 5.37. The van der Waals surface area contributed by atoms with E-state index in [1.165, 1.54) is 22.3 Å². The third-order valence-corrected chi connectivity index (χ3v) is 3.77. The fourth-order valence-electron chi connectivity index (χ4n) is 2.79. The molecule has 0 amide bonds. The number of aromatic nitrogens is 2. The summed E-state index contributed by atoms with van der Waals surface area (Å²) < 4.78 is 0. The van der Waals surface area contributed by atoms with Gasteiger partial charge in [0.05, 0.1) is 17.4 Å². The minimum atomic E-state index is 0.829. The van der Waals surface area contributed by atoms with Crippen molar-refractivity contribution in [2.45, 2.75) is 27.3 Å². The van der Waals surface area contributed by atoms with Crippen LogP contribution in [0.1, 0.15) is 22.3 Å². The molecule has 0 atom stereocenters. The third kappa shape index (κ3) is 2.27. The lowest BCUT2D eigenvalue weighted by Crippen LogP contribution is -2.04. The van der Waals surface area contributed by atoms with Gasteiger partial charge in [-0.25, -0.2) is 0 Å². The summed E-state index contributed by atoms with van der Waals surface area (Å²) in [5.74, 6) is 0. The Morgan fingerprint density at radius 1 is 1.10 bits per heavy atom. The van der Waals surface area contributed by atoms with Crippen LogP contribution in [0.15, 0.2) is 36.5 Å². The minimum absolute atomic E-state index is 0.829. The number of nitrogens with zero attached hydrogens (tertiary/aromatic N) is 1. The number of aryl methyl sites for hydroxylation is 3. The second-order valence-electron chi connectivity index (χ2n) is 5.37. The molecule has 0 fully saturated rings. The summed E-state index contributed by atoms with van der Waals surface area (Å²) in [4.78, 5) is 0. The Labute approximate surface area is 119 Å². The van der Waals surface area contributed by atoms with Crippen LogP contribution in [0.2, 0.25) is 0 Å². The Morgan fingerprint density at radius 2 is 1.85 bits per heavy atom. The summed E-state index contributed by atoms with van der Waals surface area (Å²) in [5.41, 5.74) is 7.53. The lowest BCUT2D eigenvalue weighted by atomic mass is 10.00. The van der Waals surface area contributed by atoms with Crippen molar-refractivity contribution in [1.82, 2.24) is 10.2 Å². The van der Waals surface area contributed by atoms with Crippen molar-refractivity contribution < 1.29 is 0 Å². The number of aromatic amines is 1. The zero-order valence-electron chi connectivity index (χ0n) is 12.1. The molecular weight excluding hydrogens is 246 g/mol. The van der Waals surface area contributed by atoms with Gasteiger partial charge in [-0.05, 0) is 43.5 Å². The number of para-hydroxylation sites is 1. The molecule has 3 heteroatoms. The molecule has 0 saturated heterocycles. The maximum absolute atomic E-state index is 4.10. The van der Waals surface area contributed by atoms with Gasteiger partial charge in [-0.2, -0.15) is 5.10 Å². The van der Waals surface area contributed by atoms with Gasteiger partial charge < -0.3 is 5.32 Å². The molecule has 2 N–H and O–H groups in total. The van der Waals surface area contributed by atoms with Gasteiger partial charge in [0.1, 0.15) is 0 Å². The van der Waals surface area contributed by atoms with Crippen molar-refractivity contribution in [2.24, 2.45) is 0 Å². The summed E-state index contributed by atoms with van der Waals surface area (Å²) in [7, 11) is 0. The molecule has 3 nitrogen and oxygen atoms in total. The van der Waals surface area contributed by atoms with Gasteiger partial charge >= 0.3 is 0 Å².